The van der Waals surface area contributed by atoms with Crippen molar-refractivity contribution in [2.75, 3.05) is 6.61 Å². The molecule has 2 aromatic heterocycles. The van der Waals surface area contributed by atoms with Gasteiger partial charge in [0.2, 0.25) is 0 Å². The van der Waals surface area contributed by atoms with E-state index < -0.39 is 23.4 Å². The first-order valence-electron chi connectivity index (χ1n) is 6.21. The number of hydrogen-bond donors (Lipinski definition) is 0. The average Bonchev–Trinajstić information content (AvgIpc) is 2.87. The van der Waals surface area contributed by atoms with Crippen molar-refractivity contribution in [3.63, 3.8) is 0 Å². The summed E-state index contributed by atoms with van der Waals surface area (Å²) in [5.41, 5.74) is -1.46. The van der Waals surface area contributed by atoms with Gasteiger partial charge in [0.1, 0.15) is 10.7 Å². The zero-order chi connectivity index (χ0) is 16.5. The molecular weight excluding hydrogens is 323 g/mol. The van der Waals surface area contributed by atoms with E-state index in [9.17, 15) is 18.0 Å². The quantitative estimate of drug-likeness (QED) is 0.638. The van der Waals surface area contributed by atoms with Crippen LogP contribution in [0.3, 0.4) is 0 Å². The minimum atomic E-state index is -4.79. The Kier molecular flexibility index (Phi) is 4.41. The van der Waals surface area contributed by atoms with Crippen LogP contribution in [-0.2, 0) is 10.9 Å². The number of hydrogen-bond acceptors (Lipinski definition) is 4. The highest BCUT2D eigenvalue weighted by molar-refractivity contribution is 6.30. The molecule has 0 radical (unpaired) electrons. The standard InChI is InChI=1S/C13H11ClF3N3O2/c1-3-22-12(21)8-6-19-20(10(8)13(15,16)17)9-4-5-18-11(14)7(9)2/h4-6H,3H2,1-2H3. The summed E-state index contributed by atoms with van der Waals surface area (Å²) in [5.74, 6) is -1.08. The van der Waals surface area contributed by atoms with Crippen LogP contribution in [0.1, 0.15) is 28.5 Å². The molecule has 2 aromatic rings. The fourth-order valence-electron chi connectivity index (χ4n) is 1.89. The lowest BCUT2D eigenvalue weighted by atomic mass is 10.2. The predicted octanol–water partition coefficient (Wildman–Crippen LogP) is 3.42. The van der Waals surface area contributed by atoms with Gasteiger partial charge in [-0.25, -0.2) is 14.5 Å². The number of esters is 1. The fourth-order valence-corrected chi connectivity index (χ4v) is 2.05. The molecule has 2 heterocycles. The SMILES string of the molecule is CCOC(=O)c1cnn(-c2ccnc(Cl)c2C)c1C(F)(F)F. The molecule has 0 atom stereocenters. The van der Waals surface area contributed by atoms with E-state index in [4.69, 9.17) is 11.6 Å². The van der Waals surface area contributed by atoms with Gasteiger partial charge in [-0.2, -0.15) is 18.3 Å². The van der Waals surface area contributed by atoms with Crippen LogP contribution in [-0.4, -0.2) is 27.3 Å². The van der Waals surface area contributed by atoms with Crippen molar-refractivity contribution in [2.45, 2.75) is 20.0 Å². The molecule has 2 rings (SSSR count). The monoisotopic (exact) mass is 333 g/mol. The maximum Gasteiger partial charge on any atom is 0.434 e. The van der Waals surface area contributed by atoms with Crippen molar-refractivity contribution >= 4 is 17.6 Å². The zero-order valence-corrected chi connectivity index (χ0v) is 12.4. The van der Waals surface area contributed by atoms with Crippen LogP contribution in [0.25, 0.3) is 5.69 Å². The molecule has 0 fully saturated rings. The van der Waals surface area contributed by atoms with Gasteiger partial charge in [0.05, 0.1) is 18.5 Å². The van der Waals surface area contributed by atoms with E-state index in [2.05, 4.69) is 14.8 Å². The smallest absolute Gasteiger partial charge is 0.434 e. The van der Waals surface area contributed by atoms with E-state index in [1.807, 2.05) is 0 Å². The van der Waals surface area contributed by atoms with Crippen LogP contribution >= 0.6 is 11.6 Å². The van der Waals surface area contributed by atoms with Crippen LogP contribution in [0, 0.1) is 6.92 Å². The Morgan fingerprint density at radius 2 is 2.14 bits per heavy atom. The highest BCUT2D eigenvalue weighted by atomic mass is 35.5. The normalized spacial score (nSPS) is 11.5. The zero-order valence-electron chi connectivity index (χ0n) is 11.6. The third kappa shape index (κ3) is 2.92. The maximum atomic E-state index is 13.3. The Bertz CT molecular complexity index is 713. The third-order valence-corrected chi connectivity index (χ3v) is 3.26. The number of pyridine rings is 1. The van der Waals surface area contributed by atoms with Gasteiger partial charge < -0.3 is 4.74 Å². The van der Waals surface area contributed by atoms with E-state index in [-0.39, 0.29) is 17.4 Å². The van der Waals surface area contributed by atoms with E-state index in [1.165, 1.54) is 26.1 Å². The highest BCUT2D eigenvalue weighted by Gasteiger charge is 2.41. The third-order valence-electron chi connectivity index (χ3n) is 2.88. The van der Waals surface area contributed by atoms with Gasteiger partial charge in [-0.15, -0.1) is 0 Å². The molecular formula is C13H11ClF3N3O2. The first kappa shape index (κ1) is 16.3. The van der Waals surface area contributed by atoms with Crippen LogP contribution in [0.4, 0.5) is 13.2 Å². The Labute approximate surface area is 128 Å². The first-order chi connectivity index (χ1) is 10.3. The number of aromatic nitrogens is 3. The summed E-state index contributed by atoms with van der Waals surface area (Å²) in [6.07, 6.45) is -2.70. The summed E-state index contributed by atoms with van der Waals surface area (Å²) in [4.78, 5) is 15.5. The Hall–Kier alpha value is -2.09. The summed E-state index contributed by atoms with van der Waals surface area (Å²) in [5, 5.41) is 3.72. The Morgan fingerprint density at radius 3 is 2.73 bits per heavy atom. The molecule has 0 aliphatic heterocycles. The highest BCUT2D eigenvalue weighted by Crippen LogP contribution is 2.35. The molecule has 0 spiro atoms. The van der Waals surface area contributed by atoms with Crippen molar-refractivity contribution in [2.24, 2.45) is 0 Å². The second kappa shape index (κ2) is 5.96. The second-order valence-electron chi connectivity index (χ2n) is 4.28. The van der Waals surface area contributed by atoms with Crippen molar-refractivity contribution in [1.82, 2.24) is 14.8 Å². The molecule has 0 amide bonds. The van der Waals surface area contributed by atoms with E-state index in [1.54, 1.807) is 0 Å². The molecule has 0 aliphatic rings. The van der Waals surface area contributed by atoms with Crippen LogP contribution < -0.4 is 0 Å². The second-order valence-corrected chi connectivity index (χ2v) is 4.64. The largest absolute Gasteiger partial charge is 0.462 e. The lowest BCUT2D eigenvalue weighted by Crippen LogP contribution is -2.19. The van der Waals surface area contributed by atoms with E-state index in [0.717, 1.165) is 6.20 Å². The molecule has 0 N–H and O–H groups in total. The Morgan fingerprint density at radius 1 is 1.45 bits per heavy atom. The van der Waals surface area contributed by atoms with E-state index in [0.29, 0.717) is 10.2 Å². The predicted molar refractivity (Wildman–Crippen MR) is 72.1 cm³/mol. The summed E-state index contributed by atoms with van der Waals surface area (Å²) in [6, 6.07) is 1.33. The van der Waals surface area contributed by atoms with Crippen molar-refractivity contribution in [1.29, 1.82) is 0 Å². The number of carbonyl (C=O) groups excluding carboxylic acids is 1. The van der Waals surface area contributed by atoms with Gasteiger partial charge in [-0.05, 0) is 19.9 Å². The van der Waals surface area contributed by atoms with Crippen molar-refractivity contribution < 1.29 is 22.7 Å². The van der Waals surface area contributed by atoms with Gasteiger partial charge >= 0.3 is 12.1 Å². The number of halogens is 4. The number of carbonyl (C=O) groups is 1. The molecule has 9 heteroatoms. The molecule has 5 nitrogen and oxygen atoms in total. The lowest BCUT2D eigenvalue weighted by molar-refractivity contribution is -0.143. The molecule has 0 unspecified atom stereocenters. The van der Waals surface area contributed by atoms with Gasteiger partial charge in [0.15, 0.2) is 5.69 Å². The van der Waals surface area contributed by atoms with E-state index >= 15 is 0 Å². The lowest BCUT2D eigenvalue weighted by Gasteiger charge is -2.14. The van der Waals surface area contributed by atoms with Crippen LogP contribution in [0.5, 0.6) is 0 Å². The summed E-state index contributed by atoms with van der Waals surface area (Å²) < 4.78 is 45.3. The van der Waals surface area contributed by atoms with Gasteiger partial charge in [0.25, 0.3) is 0 Å². The van der Waals surface area contributed by atoms with Gasteiger partial charge in [0, 0.05) is 11.8 Å². The fraction of sp³-hybridized carbons (Fsp3) is 0.308. The molecule has 0 aromatic carbocycles. The molecule has 0 saturated carbocycles. The summed E-state index contributed by atoms with van der Waals surface area (Å²) in [6.45, 7) is 2.97. The minimum Gasteiger partial charge on any atom is -0.462 e. The number of nitrogens with zero attached hydrogens (tertiary/aromatic N) is 3. The molecule has 0 aliphatic carbocycles. The van der Waals surface area contributed by atoms with Crippen molar-refractivity contribution in [3.8, 4) is 5.69 Å². The van der Waals surface area contributed by atoms with Crippen LogP contribution in [0.2, 0.25) is 5.15 Å². The number of alkyl halides is 3. The number of rotatable bonds is 3. The molecule has 22 heavy (non-hydrogen) atoms. The van der Waals surface area contributed by atoms with Gasteiger partial charge in [-0.3, -0.25) is 0 Å². The van der Waals surface area contributed by atoms with Crippen molar-refractivity contribution in [3.05, 3.63) is 40.4 Å². The molecule has 118 valence electrons. The average molecular weight is 334 g/mol. The topological polar surface area (TPSA) is 57.0 Å². The number of ether oxygens (including phenoxy) is 1. The minimum absolute atomic E-state index is 0.0403. The van der Waals surface area contributed by atoms with Gasteiger partial charge in [-0.1, -0.05) is 11.6 Å². The summed E-state index contributed by atoms with van der Waals surface area (Å²) in [7, 11) is 0. The molecule has 0 saturated heterocycles. The Balaban J connectivity index is 2.68. The first-order valence-corrected chi connectivity index (χ1v) is 6.59. The summed E-state index contributed by atoms with van der Waals surface area (Å²) >= 11 is 5.82. The molecule has 0 bridgehead atoms. The van der Waals surface area contributed by atoms with Crippen LogP contribution in [0.15, 0.2) is 18.5 Å². The maximum absolute atomic E-state index is 13.3.